The van der Waals surface area contributed by atoms with Gasteiger partial charge in [0.1, 0.15) is 0 Å². The van der Waals surface area contributed by atoms with E-state index < -0.39 is 16.1 Å². The highest BCUT2D eigenvalue weighted by Gasteiger charge is 2.19. The van der Waals surface area contributed by atoms with Crippen LogP contribution in [0.2, 0.25) is 39.3 Å². The molecule has 0 fully saturated rings. The van der Waals surface area contributed by atoms with Gasteiger partial charge in [-0.3, -0.25) is 0 Å². The van der Waals surface area contributed by atoms with Crippen LogP contribution in [0, 0.1) is 0 Å². The smallest absolute Gasteiger partial charge is 0.0775 e. The molecule has 0 saturated heterocycles. The Labute approximate surface area is 180 Å². The molecule has 0 aliphatic heterocycles. The van der Waals surface area contributed by atoms with Gasteiger partial charge in [0.05, 0.1) is 16.1 Å². The summed E-state index contributed by atoms with van der Waals surface area (Å²) in [6.45, 7) is 14.4. The van der Waals surface area contributed by atoms with Crippen molar-refractivity contribution in [3.05, 3.63) is 77.3 Å². The van der Waals surface area contributed by atoms with Crippen LogP contribution in [0.5, 0.6) is 0 Å². The lowest BCUT2D eigenvalue weighted by molar-refractivity contribution is 1.28. The molecule has 3 aromatic carbocycles. The quantitative estimate of drug-likeness (QED) is 0.364. The Morgan fingerprint density at radius 3 is 1.07 bits per heavy atom. The van der Waals surface area contributed by atoms with Crippen LogP contribution < -0.4 is 15.3 Å². The lowest BCUT2D eigenvalue weighted by Crippen LogP contribution is -2.37. The second kappa shape index (κ2) is 8.01. The topological polar surface area (TPSA) is 3.24 Å². The van der Waals surface area contributed by atoms with E-state index in [-0.39, 0.29) is 0 Å². The highest BCUT2D eigenvalue weighted by Crippen LogP contribution is 2.34. The molecule has 0 heterocycles. The maximum atomic E-state index is 3.56. The van der Waals surface area contributed by atoms with Gasteiger partial charge in [0.15, 0.2) is 0 Å². The predicted molar refractivity (Wildman–Crippen MR) is 135 cm³/mol. The van der Waals surface area contributed by atoms with Crippen LogP contribution in [-0.4, -0.2) is 16.1 Å². The van der Waals surface area contributed by atoms with Crippen LogP contribution in [0.3, 0.4) is 0 Å². The minimum atomic E-state index is -1.31. The van der Waals surface area contributed by atoms with Crippen molar-refractivity contribution in [3.8, 4) is 0 Å². The summed E-state index contributed by atoms with van der Waals surface area (Å²) in [4.78, 5) is 2.34. The van der Waals surface area contributed by atoms with Crippen LogP contribution in [0.15, 0.2) is 77.3 Å². The highest BCUT2D eigenvalue weighted by molar-refractivity contribution is 9.10. The molecule has 1 nitrogen and oxygen atoms in total. The molecule has 0 unspecified atom stereocenters. The third-order valence-electron chi connectivity index (χ3n) is 5.07. The fourth-order valence-electron chi connectivity index (χ4n) is 3.26. The van der Waals surface area contributed by atoms with E-state index in [1.807, 2.05) is 0 Å². The first kappa shape index (κ1) is 21.1. The maximum absolute atomic E-state index is 3.56. The molecule has 0 saturated carbocycles. The van der Waals surface area contributed by atoms with Crippen LogP contribution in [0.4, 0.5) is 17.1 Å². The summed E-state index contributed by atoms with van der Waals surface area (Å²) in [5.74, 6) is 0. The van der Waals surface area contributed by atoms with E-state index in [9.17, 15) is 0 Å². The lowest BCUT2D eigenvalue weighted by atomic mass is 10.2. The van der Waals surface area contributed by atoms with Crippen molar-refractivity contribution in [2.45, 2.75) is 39.3 Å². The Kier molecular flexibility index (Phi) is 6.04. The Bertz CT molecular complexity index is 861. The molecule has 0 aliphatic rings. The van der Waals surface area contributed by atoms with E-state index in [0.29, 0.717) is 0 Å². The van der Waals surface area contributed by atoms with Crippen molar-refractivity contribution >= 4 is 59.5 Å². The second-order valence-electron chi connectivity index (χ2n) is 9.41. The summed E-state index contributed by atoms with van der Waals surface area (Å²) in [7, 11) is -2.61. The number of hydrogen-bond donors (Lipinski definition) is 0. The van der Waals surface area contributed by atoms with Crippen molar-refractivity contribution < 1.29 is 0 Å². The summed E-state index contributed by atoms with van der Waals surface area (Å²) in [5, 5.41) is 2.97. The van der Waals surface area contributed by atoms with Crippen molar-refractivity contribution in [1.29, 1.82) is 0 Å². The standard InChI is InChI=1S/C24H30BrNSi2/c1-27(2,3)23-15-11-21(12-16-23)26(20-9-7-19(25)8-10-20)22-13-17-24(18-14-22)28(4,5)6/h7-18H,1-6H3. The van der Waals surface area contributed by atoms with Gasteiger partial charge in [0, 0.05) is 21.5 Å². The first-order chi connectivity index (χ1) is 13.1. The van der Waals surface area contributed by atoms with Gasteiger partial charge >= 0.3 is 0 Å². The number of hydrogen-bond acceptors (Lipinski definition) is 1. The zero-order valence-corrected chi connectivity index (χ0v) is 21.3. The molecular weight excluding hydrogens is 438 g/mol. The molecule has 0 spiro atoms. The molecule has 0 amide bonds. The van der Waals surface area contributed by atoms with E-state index in [1.54, 1.807) is 0 Å². The molecule has 0 aliphatic carbocycles. The number of nitrogens with zero attached hydrogens (tertiary/aromatic N) is 1. The number of rotatable bonds is 5. The summed E-state index contributed by atoms with van der Waals surface area (Å²) in [6, 6.07) is 26.9. The summed E-state index contributed by atoms with van der Waals surface area (Å²) in [5.41, 5.74) is 3.57. The lowest BCUT2D eigenvalue weighted by Gasteiger charge is -2.27. The van der Waals surface area contributed by atoms with Gasteiger partial charge in [-0.2, -0.15) is 0 Å². The van der Waals surface area contributed by atoms with Gasteiger partial charge in [0.2, 0.25) is 0 Å². The van der Waals surface area contributed by atoms with E-state index >= 15 is 0 Å². The Morgan fingerprint density at radius 2 is 0.786 bits per heavy atom. The fourth-order valence-corrected chi connectivity index (χ4v) is 5.86. The van der Waals surface area contributed by atoms with Crippen LogP contribution >= 0.6 is 15.9 Å². The van der Waals surface area contributed by atoms with Gasteiger partial charge < -0.3 is 4.90 Å². The molecule has 3 aromatic rings. The molecule has 146 valence electrons. The molecule has 0 atom stereocenters. The molecule has 0 bridgehead atoms. The third kappa shape index (κ3) is 4.85. The van der Waals surface area contributed by atoms with Gasteiger partial charge in [-0.05, 0) is 48.5 Å². The molecular formula is C24H30BrNSi2. The molecule has 4 heteroatoms. The normalized spacial score (nSPS) is 12.1. The number of anilines is 3. The van der Waals surface area contributed by atoms with E-state index in [2.05, 4.69) is 133 Å². The summed E-state index contributed by atoms with van der Waals surface area (Å²) < 4.78 is 1.10. The van der Waals surface area contributed by atoms with Crippen molar-refractivity contribution in [3.63, 3.8) is 0 Å². The Morgan fingerprint density at radius 1 is 0.500 bits per heavy atom. The SMILES string of the molecule is C[Si](C)(C)c1ccc(N(c2ccc(Br)cc2)c2ccc([Si](C)(C)C)cc2)cc1. The van der Waals surface area contributed by atoms with Crippen molar-refractivity contribution in [1.82, 2.24) is 0 Å². The first-order valence-electron chi connectivity index (χ1n) is 9.82. The monoisotopic (exact) mass is 467 g/mol. The Balaban J connectivity index is 2.06. The molecule has 0 N–H and O–H groups in total. The third-order valence-corrected chi connectivity index (χ3v) is 9.73. The van der Waals surface area contributed by atoms with E-state index in [1.165, 1.54) is 27.4 Å². The molecule has 3 rings (SSSR count). The average Bonchev–Trinajstić information content (AvgIpc) is 2.63. The maximum Gasteiger partial charge on any atom is 0.0775 e. The average molecular weight is 469 g/mol. The zero-order valence-electron chi connectivity index (χ0n) is 17.8. The van der Waals surface area contributed by atoms with Crippen molar-refractivity contribution in [2.24, 2.45) is 0 Å². The van der Waals surface area contributed by atoms with E-state index in [0.717, 1.165) is 4.47 Å². The predicted octanol–water partition coefficient (Wildman–Crippen LogP) is 7.01. The van der Waals surface area contributed by atoms with Crippen molar-refractivity contribution in [2.75, 3.05) is 4.90 Å². The van der Waals surface area contributed by atoms with Crippen LogP contribution in [0.25, 0.3) is 0 Å². The summed E-state index contributed by atoms with van der Waals surface area (Å²) in [6.07, 6.45) is 0. The van der Waals surface area contributed by atoms with Gasteiger partial charge in [-0.15, -0.1) is 0 Å². The van der Waals surface area contributed by atoms with Crippen LogP contribution in [0.1, 0.15) is 0 Å². The Hall–Kier alpha value is -1.63. The van der Waals surface area contributed by atoms with Gasteiger partial charge in [-0.1, -0.05) is 89.9 Å². The molecule has 0 aromatic heterocycles. The number of halogens is 1. The largest absolute Gasteiger partial charge is 0.311 e. The van der Waals surface area contributed by atoms with E-state index in [4.69, 9.17) is 0 Å². The molecule has 28 heavy (non-hydrogen) atoms. The summed E-state index contributed by atoms with van der Waals surface area (Å²) >= 11 is 3.56. The van der Waals surface area contributed by atoms with Gasteiger partial charge in [0.25, 0.3) is 0 Å². The minimum absolute atomic E-state index is 1.10. The molecule has 0 radical (unpaired) electrons. The highest BCUT2D eigenvalue weighted by atomic mass is 79.9. The van der Waals surface area contributed by atoms with Gasteiger partial charge in [-0.25, -0.2) is 0 Å². The number of benzene rings is 3. The second-order valence-corrected chi connectivity index (χ2v) is 20.5. The fraction of sp³-hybridized carbons (Fsp3) is 0.250. The first-order valence-corrected chi connectivity index (χ1v) is 17.6. The minimum Gasteiger partial charge on any atom is -0.311 e. The zero-order chi connectivity index (χ0) is 20.5. The van der Waals surface area contributed by atoms with Crippen LogP contribution in [-0.2, 0) is 0 Å².